The lowest BCUT2D eigenvalue weighted by molar-refractivity contribution is 0.470. The second-order valence-electron chi connectivity index (χ2n) is 5.10. The van der Waals surface area contributed by atoms with E-state index in [9.17, 15) is 4.39 Å². The Hall–Kier alpha value is -0.760. The number of nitrogens with zero attached hydrogens (tertiary/aromatic N) is 2. The Balaban J connectivity index is 0.00000242. The lowest BCUT2D eigenvalue weighted by atomic mass is 10.2. The summed E-state index contributed by atoms with van der Waals surface area (Å²) in [7, 11) is 1.73. The van der Waals surface area contributed by atoms with Crippen LogP contribution in [-0.4, -0.2) is 45.4 Å². The smallest absolute Gasteiger partial charge is 0.191 e. The predicted octanol–water partition coefficient (Wildman–Crippen LogP) is 3.06. The number of guanidine groups is 1. The molecule has 1 fully saturated rings. The molecule has 7 heteroatoms. The fourth-order valence-electron chi connectivity index (χ4n) is 2.45. The molecule has 0 radical (unpaired) electrons. The van der Waals surface area contributed by atoms with Crippen molar-refractivity contribution in [3.63, 3.8) is 0 Å². The third kappa shape index (κ3) is 5.79. The summed E-state index contributed by atoms with van der Waals surface area (Å²) in [4.78, 5) is 6.47. The van der Waals surface area contributed by atoms with Gasteiger partial charge in [0, 0.05) is 43.4 Å². The molecule has 0 aliphatic carbocycles. The molecule has 1 unspecified atom stereocenters. The van der Waals surface area contributed by atoms with Crippen molar-refractivity contribution in [2.75, 3.05) is 38.3 Å². The van der Waals surface area contributed by atoms with Crippen LogP contribution in [0.1, 0.15) is 12.8 Å². The Kier molecular flexibility index (Phi) is 8.85. The first kappa shape index (κ1) is 19.3. The molecule has 1 atom stereocenters. The summed E-state index contributed by atoms with van der Waals surface area (Å²) >= 11 is 6.04. The van der Waals surface area contributed by atoms with Gasteiger partial charge in [-0.1, -0.05) is 17.7 Å². The number of alkyl halides is 1. The van der Waals surface area contributed by atoms with Crippen molar-refractivity contribution in [3.8, 4) is 0 Å². The summed E-state index contributed by atoms with van der Waals surface area (Å²) in [6.45, 7) is 2.18. The van der Waals surface area contributed by atoms with Gasteiger partial charge in [0.2, 0.25) is 0 Å². The Morgan fingerprint density at radius 3 is 3.00 bits per heavy atom. The average molecular weight is 441 g/mol. The highest BCUT2D eigenvalue weighted by molar-refractivity contribution is 14.0. The van der Waals surface area contributed by atoms with E-state index >= 15 is 0 Å². The van der Waals surface area contributed by atoms with Gasteiger partial charge in [-0.15, -0.1) is 24.0 Å². The predicted molar refractivity (Wildman–Crippen MR) is 103 cm³/mol. The molecule has 22 heavy (non-hydrogen) atoms. The lowest BCUT2D eigenvalue weighted by Gasteiger charge is -2.20. The summed E-state index contributed by atoms with van der Waals surface area (Å²) in [5.41, 5.74) is 1.15. The molecule has 1 aliphatic heterocycles. The van der Waals surface area contributed by atoms with Crippen molar-refractivity contribution < 1.29 is 4.39 Å². The standard InChI is InChI=1S/C15H22ClFN4.HI/c1-18-15(19-8-3-7-17)20-13-6-9-21(11-13)14-5-2-4-12(16)10-14;/h2,4-5,10,13H,3,6-9,11H2,1H3,(H2,18,19,20);1H. The minimum atomic E-state index is -0.310. The van der Waals surface area contributed by atoms with Crippen LogP contribution >= 0.6 is 35.6 Å². The van der Waals surface area contributed by atoms with Gasteiger partial charge in [0.25, 0.3) is 0 Å². The van der Waals surface area contributed by atoms with Crippen LogP contribution in [0.25, 0.3) is 0 Å². The SMILES string of the molecule is CN=C(NCCCF)NC1CCN(c2cccc(Cl)c2)C1.I. The second-order valence-corrected chi connectivity index (χ2v) is 5.53. The van der Waals surface area contributed by atoms with E-state index in [1.165, 1.54) is 0 Å². The van der Waals surface area contributed by atoms with Gasteiger partial charge in [0.05, 0.1) is 6.67 Å². The van der Waals surface area contributed by atoms with Gasteiger partial charge in [-0.3, -0.25) is 9.38 Å². The van der Waals surface area contributed by atoms with Gasteiger partial charge < -0.3 is 15.5 Å². The molecule has 0 bridgehead atoms. The molecular formula is C15H23ClFIN4. The van der Waals surface area contributed by atoms with Crippen molar-refractivity contribution >= 4 is 47.2 Å². The van der Waals surface area contributed by atoms with E-state index in [4.69, 9.17) is 11.6 Å². The minimum absolute atomic E-state index is 0. The van der Waals surface area contributed by atoms with E-state index in [0.717, 1.165) is 36.2 Å². The van der Waals surface area contributed by atoms with Crippen LogP contribution in [-0.2, 0) is 0 Å². The van der Waals surface area contributed by atoms with Gasteiger partial charge in [0.1, 0.15) is 0 Å². The molecule has 1 aromatic rings. The number of nitrogens with one attached hydrogen (secondary N) is 2. The molecule has 2 N–H and O–H groups in total. The zero-order valence-corrected chi connectivity index (χ0v) is 15.8. The fourth-order valence-corrected chi connectivity index (χ4v) is 2.63. The molecule has 1 saturated heterocycles. The van der Waals surface area contributed by atoms with E-state index < -0.39 is 0 Å². The number of aliphatic imine (C=N–C) groups is 1. The first-order valence-corrected chi connectivity index (χ1v) is 7.64. The quantitative estimate of drug-likeness (QED) is 0.320. The second kappa shape index (κ2) is 10.1. The van der Waals surface area contributed by atoms with E-state index in [0.29, 0.717) is 19.0 Å². The first-order chi connectivity index (χ1) is 10.2. The molecule has 0 saturated carbocycles. The highest BCUT2D eigenvalue weighted by atomic mass is 127. The van der Waals surface area contributed by atoms with E-state index in [2.05, 4.69) is 26.6 Å². The van der Waals surface area contributed by atoms with Crippen LogP contribution in [0.15, 0.2) is 29.3 Å². The topological polar surface area (TPSA) is 39.7 Å². The Morgan fingerprint density at radius 1 is 1.50 bits per heavy atom. The number of anilines is 1. The van der Waals surface area contributed by atoms with Crippen LogP contribution in [0.4, 0.5) is 10.1 Å². The van der Waals surface area contributed by atoms with Crippen LogP contribution in [0.5, 0.6) is 0 Å². The summed E-state index contributed by atoms with van der Waals surface area (Å²) in [6, 6.07) is 8.24. The molecule has 1 aliphatic rings. The maximum atomic E-state index is 12.1. The van der Waals surface area contributed by atoms with Gasteiger partial charge in [0.15, 0.2) is 5.96 Å². The summed E-state index contributed by atoms with van der Waals surface area (Å²) in [5, 5.41) is 7.26. The van der Waals surface area contributed by atoms with E-state index in [-0.39, 0.29) is 30.7 Å². The molecule has 0 amide bonds. The van der Waals surface area contributed by atoms with Gasteiger partial charge in [-0.25, -0.2) is 0 Å². The molecule has 0 aromatic heterocycles. The Bertz CT molecular complexity index is 486. The zero-order chi connectivity index (χ0) is 15.1. The van der Waals surface area contributed by atoms with Crippen LogP contribution in [0.3, 0.4) is 0 Å². The average Bonchev–Trinajstić information content (AvgIpc) is 2.95. The number of halogens is 3. The number of rotatable bonds is 5. The molecule has 1 aromatic carbocycles. The van der Waals surface area contributed by atoms with Crippen LogP contribution < -0.4 is 15.5 Å². The summed E-state index contributed by atoms with van der Waals surface area (Å²) in [5.74, 6) is 0.737. The van der Waals surface area contributed by atoms with Gasteiger partial charge in [-0.2, -0.15) is 0 Å². The monoisotopic (exact) mass is 440 g/mol. The highest BCUT2D eigenvalue weighted by Crippen LogP contribution is 2.23. The zero-order valence-electron chi connectivity index (χ0n) is 12.7. The molecule has 2 rings (SSSR count). The number of hydrogen-bond acceptors (Lipinski definition) is 2. The normalized spacial score (nSPS) is 18.0. The fraction of sp³-hybridized carbons (Fsp3) is 0.533. The van der Waals surface area contributed by atoms with Crippen LogP contribution in [0.2, 0.25) is 5.02 Å². The van der Waals surface area contributed by atoms with Crippen molar-refractivity contribution in [3.05, 3.63) is 29.3 Å². The third-order valence-corrected chi connectivity index (χ3v) is 3.76. The van der Waals surface area contributed by atoms with Gasteiger partial charge in [-0.05, 0) is 31.0 Å². The number of hydrogen-bond donors (Lipinski definition) is 2. The third-order valence-electron chi connectivity index (χ3n) is 3.53. The lowest BCUT2D eigenvalue weighted by Crippen LogP contribution is -2.44. The molecule has 4 nitrogen and oxygen atoms in total. The maximum absolute atomic E-state index is 12.1. The molecular weight excluding hydrogens is 418 g/mol. The molecule has 124 valence electrons. The van der Waals surface area contributed by atoms with Crippen molar-refractivity contribution in [1.82, 2.24) is 10.6 Å². The van der Waals surface area contributed by atoms with E-state index in [1.54, 1.807) is 7.05 Å². The van der Waals surface area contributed by atoms with Crippen molar-refractivity contribution in [2.45, 2.75) is 18.9 Å². The Labute approximate surface area is 153 Å². The summed E-state index contributed by atoms with van der Waals surface area (Å²) < 4.78 is 12.1. The Morgan fingerprint density at radius 2 is 2.32 bits per heavy atom. The minimum Gasteiger partial charge on any atom is -0.369 e. The number of benzene rings is 1. The maximum Gasteiger partial charge on any atom is 0.191 e. The highest BCUT2D eigenvalue weighted by Gasteiger charge is 2.23. The van der Waals surface area contributed by atoms with Gasteiger partial charge >= 0.3 is 0 Å². The van der Waals surface area contributed by atoms with Crippen LogP contribution in [0, 0.1) is 0 Å². The summed E-state index contributed by atoms with van der Waals surface area (Å²) in [6.07, 6.45) is 1.54. The largest absolute Gasteiger partial charge is 0.369 e. The molecule has 1 heterocycles. The molecule has 0 spiro atoms. The first-order valence-electron chi connectivity index (χ1n) is 7.26. The van der Waals surface area contributed by atoms with E-state index in [1.807, 2.05) is 18.2 Å². The van der Waals surface area contributed by atoms with Crippen molar-refractivity contribution in [2.24, 2.45) is 4.99 Å². The van der Waals surface area contributed by atoms with Crippen molar-refractivity contribution in [1.29, 1.82) is 0 Å².